The van der Waals surface area contributed by atoms with Crippen LogP contribution < -0.4 is 5.32 Å². The Kier molecular flexibility index (Phi) is 8.02. The van der Waals surface area contributed by atoms with E-state index in [1.165, 1.54) is 11.8 Å². The van der Waals surface area contributed by atoms with Crippen LogP contribution >= 0.6 is 11.8 Å². The standard InChI is InChI=1S/C15H20N2O2S.C2H6/c1-10(9-13(18)16-3)20-15-17-11(2)14(19-15)12-7-5-4-6-8-12;1-2/h4-7,10,12H,8-9H2,1-3H3,(H,16,18);1-2H3. The van der Waals surface area contributed by atoms with Crippen molar-refractivity contribution in [1.82, 2.24) is 10.3 Å². The maximum atomic E-state index is 11.3. The average molecular weight is 322 g/mol. The lowest BCUT2D eigenvalue weighted by molar-refractivity contribution is -0.120. The third-order valence-corrected chi connectivity index (χ3v) is 4.13. The van der Waals surface area contributed by atoms with Crippen LogP contribution in [0.3, 0.4) is 0 Å². The maximum Gasteiger partial charge on any atom is 0.256 e. The van der Waals surface area contributed by atoms with Crippen LogP contribution in [0.25, 0.3) is 0 Å². The predicted molar refractivity (Wildman–Crippen MR) is 92.2 cm³/mol. The molecule has 0 aliphatic heterocycles. The highest BCUT2D eigenvalue weighted by molar-refractivity contribution is 7.99. The second-order valence-corrected chi connectivity index (χ2v) is 6.28. The summed E-state index contributed by atoms with van der Waals surface area (Å²) in [5.41, 5.74) is 0.935. The highest BCUT2D eigenvalue weighted by Gasteiger charge is 2.20. The second kappa shape index (κ2) is 9.51. The van der Waals surface area contributed by atoms with E-state index in [0.717, 1.165) is 17.9 Å². The first-order valence-electron chi connectivity index (χ1n) is 7.78. The van der Waals surface area contributed by atoms with Crippen LogP contribution in [0, 0.1) is 6.92 Å². The molecule has 1 N–H and O–H groups in total. The highest BCUT2D eigenvalue weighted by Crippen LogP contribution is 2.32. The molecular formula is C17H26N2O2S. The van der Waals surface area contributed by atoms with E-state index < -0.39 is 0 Å². The molecule has 0 bridgehead atoms. The number of aryl methyl sites for hydroxylation is 1. The Morgan fingerprint density at radius 3 is 2.82 bits per heavy atom. The van der Waals surface area contributed by atoms with Gasteiger partial charge in [-0.05, 0) is 13.3 Å². The largest absolute Gasteiger partial charge is 0.436 e. The number of rotatable bonds is 5. The third kappa shape index (κ3) is 5.37. The Morgan fingerprint density at radius 1 is 1.50 bits per heavy atom. The van der Waals surface area contributed by atoms with Crippen molar-refractivity contribution in [3.63, 3.8) is 0 Å². The van der Waals surface area contributed by atoms with Crippen molar-refractivity contribution < 1.29 is 9.21 Å². The smallest absolute Gasteiger partial charge is 0.256 e. The Labute approximate surface area is 137 Å². The van der Waals surface area contributed by atoms with E-state index in [1.54, 1.807) is 7.05 Å². The van der Waals surface area contributed by atoms with Crippen LogP contribution in [0.1, 0.15) is 51.0 Å². The van der Waals surface area contributed by atoms with E-state index in [1.807, 2.05) is 39.8 Å². The number of amides is 1. The zero-order chi connectivity index (χ0) is 16.5. The van der Waals surface area contributed by atoms with E-state index in [0.29, 0.717) is 11.6 Å². The number of allylic oxidation sites excluding steroid dienone is 4. The molecule has 1 aliphatic rings. The van der Waals surface area contributed by atoms with Crippen LogP contribution in [-0.2, 0) is 4.79 Å². The van der Waals surface area contributed by atoms with Crippen LogP contribution in [0.4, 0.5) is 0 Å². The van der Waals surface area contributed by atoms with E-state index in [9.17, 15) is 4.79 Å². The molecule has 1 aliphatic carbocycles. The average Bonchev–Trinajstić information content (AvgIpc) is 2.90. The summed E-state index contributed by atoms with van der Waals surface area (Å²) >= 11 is 1.51. The Bertz CT molecular complexity index is 535. The fourth-order valence-electron chi connectivity index (χ4n) is 2.13. The minimum absolute atomic E-state index is 0.0360. The highest BCUT2D eigenvalue weighted by atomic mass is 32.2. The van der Waals surface area contributed by atoms with Gasteiger partial charge >= 0.3 is 0 Å². The van der Waals surface area contributed by atoms with Crippen LogP contribution in [0.5, 0.6) is 0 Å². The molecule has 5 heteroatoms. The zero-order valence-electron chi connectivity index (χ0n) is 14.1. The second-order valence-electron chi connectivity index (χ2n) is 4.89. The molecule has 1 heterocycles. The molecule has 2 unspecified atom stereocenters. The van der Waals surface area contributed by atoms with Gasteiger partial charge in [-0.25, -0.2) is 4.98 Å². The molecule has 0 fully saturated rings. The van der Waals surface area contributed by atoms with E-state index in [2.05, 4.69) is 22.5 Å². The van der Waals surface area contributed by atoms with Crippen LogP contribution in [-0.4, -0.2) is 23.2 Å². The van der Waals surface area contributed by atoms with Crippen molar-refractivity contribution in [3.8, 4) is 0 Å². The van der Waals surface area contributed by atoms with Crippen molar-refractivity contribution >= 4 is 17.7 Å². The lowest BCUT2D eigenvalue weighted by Gasteiger charge is -2.10. The van der Waals surface area contributed by atoms with E-state index in [4.69, 9.17) is 4.42 Å². The Morgan fingerprint density at radius 2 is 2.23 bits per heavy atom. The molecule has 0 saturated carbocycles. The lowest BCUT2D eigenvalue weighted by atomic mass is 9.97. The summed E-state index contributed by atoms with van der Waals surface area (Å²) in [6.45, 7) is 7.97. The summed E-state index contributed by atoms with van der Waals surface area (Å²) in [6.07, 6.45) is 9.76. The zero-order valence-corrected chi connectivity index (χ0v) is 14.9. The Hall–Kier alpha value is -1.49. The van der Waals surface area contributed by atoms with Gasteiger partial charge in [-0.3, -0.25) is 4.79 Å². The summed E-state index contributed by atoms with van der Waals surface area (Å²) in [6, 6.07) is 0. The topological polar surface area (TPSA) is 55.1 Å². The molecule has 0 radical (unpaired) electrons. The van der Waals surface area contributed by atoms with Crippen molar-refractivity contribution in [2.24, 2.45) is 0 Å². The van der Waals surface area contributed by atoms with Gasteiger partial charge in [-0.15, -0.1) is 0 Å². The SMILES string of the molecule is CC.CNC(=O)CC(C)Sc1nc(C)c(C2C=CC=CC2)o1. The first kappa shape index (κ1) is 18.6. The minimum Gasteiger partial charge on any atom is -0.436 e. The molecule has 0 saturated heterocycles. The number of carbonyl (C=O) groups is 1. The van der Waals surface area contributed by atoms with Gasteiger partial charge in [0.1, 0.15) is 5.76 Å². The third-order valence-electron chi connectivity index (χ3n) is 3.18. The van der Waals surface area contributed by atoms with Crippen molar-refractivity contribution in [1.29, 1.82) is 0 Å². The fourth-order valence-corrected chi connectivity index (χ4v) is 3.04. The van der Waals surface area contributed by atoms with Crippen molar-refractivity contribution in [2.75, 3.05) is 7.05 Å². The first-order valence-corrected chi connectivity index (χ1v) is 8.66. The number of hydrogen-bond donors (Lipinski definition) is 1. The summed E-state index contributed by atoms with van der Waals surface area (Å²) in [5, 5.41) is 3.42. The first-order chi connectivity index (χ1) is 10.6. The van der Waals surface area contributed by atoms with Crippen molar-refractivity contribution in [3.05, 3.63) is 35.8 Å². The molecule has 2 rings (SSSR count). The van der Waals surface area contributed by atoms with Gasteiger partial charge in [0.15, 0.2) is 0 Å². The van der Waals surface area contributed by atoms with Gasteiger partial charge < -0.3 is 9.73 Å². The molecule has 1 amide bonds. The monoisotopic (exact) mass is 322 g/mol. The minimum atomic E-state index is 0.0360. The molecule has 1 aromatic rings. The molecule has 0 spiro atoms. The van der Waals surface area contributed by atoms with Gasteiger partial charge in [-0.1, -0.05) is 56.8 Å². The molecular weight excluding hydrogens is 296 g/mol. The van der Waals surface area contributed by atoms with E-state index >= 15 is 0 Å². The van der Waals surface area contributed by atoms with Crippen molar-refractivity contribution in [2.45, 2.75) is 56.9 Å². The molecule has 1 aromatic heterocycles. The molecule has 4 nitrogen and oxygen atoms in total. The number of aromatic nitrogens is 1. The maximum absolute atomic E-state index is 11.3. The fraction of sp³-hybridized carbons (Fsp3) is 0.529. The lowest BCUT2D eigenvalue weighted by Crippen LogP contribution is -2.21. The van der Waals surface area contributed by atoms with Gasteiger partial charge in [0.25, 0.3) is 5.22 Å². The van der Waals surface area contributed by atoms with Gasteiger partial charge in [0, 0.05) is 24.6 Å². The molecule has 0 aromatic carbocycles. The van der Waals surface area contributed by atoms with Crippen LogP contribution in [0.15, 0.2) is 33.9 Å². The number of thioether (sulfide) groups is 1. The quantitative estimate of drug-likeness (QED) is 0.824. The summed E-state index contributed by atoms with van der Waals surface area (Å²) in [5.74, 6) is 1.24. The van der Waals surface area contributed by atoms with E-state index in [-0.39, 0.29) is 17.1 Å². The van der Waals surface area contributed by atoms with Gasteiger partial charge in [-0.2, -0.15) is 0 Å². The van der Waals surface area contributed by atoms with Crippen LogP contribution in [0.2, 0.25) is 0 Å². The number of hydrogen-bond acceptors (Lipinski definition) is 4. The molecule has 122 valence electrons. The predicted octanol–water partition coefficient (Wildman–Crippen LogP) is 4.23. The number of nitrogens with one attached hydrogen (secondary N) is 1. The van der Waals surface area contributed by atoms with Gasteiger partial charge in [0.2, 0.25) is 5.91 Å². The normalized spacial score (nSPS) is 17.6. The Balaban J connectivity index is 0.00000116. The van der Waals surface area contributed by atoms with Gasteiger partial charge in [0.05, 0.1) is 5.69 Å². The summed E-state index contributed by atoms with van der Waals surface area (Å²) < 4.78 is 5.87. The number of oxazole rings is 1. The molecule has 2 atom stereocenters. The number of carbonyl (C=O) groups excluding carboxylic acids is 1. The summed E-state index contributed by atoms with van der Waals surface area (Å²) in [4.78, 5) is 15.8. The molecule has 22 heavy (non-hydrogen) atoms. The summed E-state index contributed by atoms with van der Waals surface area (Å²) in [7, 11) is 1.65. The number of nitrogens with zero attached hydrogens (tertiary/aromatic N) is 1.